The molecule has 0 aliphatic rings. The van der Waals surface area contributed by atoms with E-state index in [1.807, 2.05) is 6.07 Å². The quantitative estimate of drug-likeness (QED) is 0.805. The number of nitrogens with one attached hydrogen (secondary N) is 1. The number of hydrogen-bond donors (Lipinski definition) is 1. The van der Waals surface area contributed by atoms with Crippen molar-refractivity contribution in [2.45, 2.75) is 12.7 Å². The zero-order valence-electron chi connectivity index (χ0n) is 11.1. The van der Waals surface area contributed by atoms with Gasteiger partial charge >= 0.3 is 6.18 Å². The van der Waals surface area contributed by atoms with Crippen LogP contribution in [0.2, 0.25) is 0 Å². The Labute approximate surface area is 122 Å². The number of imidazole rings is 1. The van der Waals surface area contributed by atoms with E-state index in [2.05, 4.69) is 15.5 Å². The lowest BCUT2D eigenvalue weighted by molar-refractivity contribution is -0.141. The summed E-state index contributed by atoms with van der Waals surface area (Å²) in [6, 6.07) is 7.96. The first kappa shape index (κ1) is 14.1. The van der Waals surface area contributed by atoms with Crippen molar-refractivity contribution < 1.29 is 18.0 Å². The smallest absolute Gasteiger partial charge is 0.271 e. The number of nitrogens with zero attached hydrogens (tertiary/aromatic N) is 4. The fourth-order valence-electron chi connectivity index (χ4n) is 1.97. The molecule has 6 nitrogen and oxygen atoms in total. The largest absolute Gasteiger partial charge is 0.435 e. The van der Waals surface area contributed by atoms with E-state index in [0.29, 0.717) is 11.0 Å². The highest BCUT2D eigenvalue weighted by atomic mass is 19.4. The molecule has 1 N–H and O–H groups in total. The van der Waals surface area contributed by atoms with Crippen LogP contribution in [-0.2, 0) is 17.5 Å². The van der Waals surface area contributed by atoms with E-state index in [1.54, 1.807) is 18.2 Å². The molecule has 3 aromatic rings. The third-order valence-electron chi connectivity index (χ3n) is 2.94. The summed E-state index contributed by atoms with van der Waals surface area (Å²) in [5, 5.41) is 3.32. The van der Waals surface area contributed by atoms with Crippen LogP contribution in [0.15, 0.2) is 42.9 Å². The van der Waals surface area contributed by atoms with Crippen molar-refractivity contribution in [3.63, 3.8) is 0 Å². The van der Waals surface area contributed by atoms with Gasteiger partial charge in [0.2, 0.25) is 0 Å². The first-order chi connectivity index (χ1) is 10.4. The Balaban J connectivity index is 1.71. The summed E-state index contributed by atoms with van der Waals surface area (Å²) in [5.74, 6) is -0.514. The second-order valence-electron chi connectivity index (χ2n) is 4.53. The van der Waals surface area contributed by atoms with E-state index in [1.165, 1.54) is 11.0 Å². The van der Waals surface area contributed by atoms with Crippen LogP contribution < -0.4 is 5.43 Å². The molecule has 0 saturated heterocycles. The molecule has 1 amide bonds. The van der Waals surface area contributed by atoms with Crippen LogP contribution in [0.3, 0.4) is 0 Å². The van der Waals surface area contributed by atoms with Crippen molar-refractivity contribution in [3.8, 4) is 0 Å². The molecule has 2 aromatic heterocycles. The Morgan fingerprint density at radius 1 is 1.23 bits per heavy atom. The molecule has 0 unspecified atom stereocenters. The van der Waals surface area contributed by atoms with Crippen molar-refractivity contribution >= 4 is 16.9 Å². The fraction of sp³-hybridized carbons (Fsp3) is 0.154. The molecule has 22 heavy (non-hydrogen) atoms. The van der Waals surface area contributed by atoms with Crippen LogP contribution in [0, 0.1) is 0 Å². The number of carbonyl (C=O) groups excluding carboxylic acids is 1. The number of hydrogen-bond acceptors (Lipinski definition) is 3. The molecule has 0 atom stereocenters. The van der Waals surface area contributed by atoms with Crippen LogP contribution in [0.1, 0.15) is 5.69 Å². The zero-order chi connectivity index (χ0) is 15.7. The predicted octanol–water partition coefficient (Wildman–Crippen LogP) is 2.02. The van der Waals surface area contributed by atoms with E-state index < -0.39 is 17.8 Å². The second-order valence-corrected chi connectivity index (χ2v) is 4.53. The molecule has 2 heterocycles. The summed E-state index contributed by atoms with van der Waals surface area (Å²) in [7, 11) is 0. The van der Waals surface area contributed by atoms with Gasteiger partial charge in [0.05, 0.1) is 11.0 Å². The minimum absolute atomic E-state index is 0.331. The van der Waals surface area contributed by atoms with E-state index in [-0.39, 0.29) is 6.54 Å². The molecule has 0 saturated carbocycles. The van der Waals surface area contributed by atoms with Gasteiger partial charge in [-0.1, -0.05) is 12.1 Å². The number of rotatable bonds is 3. The van der Waals surface area contributed by atoms with Gasteiger partial charge in [0.1, 0.15) is 12.9 Å². The fourth-order valence-corrected chi connectivity index (χ4v) is 1.97. The highest BCUT2D eigenvalue weighted by Gasteiger charge is 2.33. The normalized spacial score (nSPS) is 11.8. The van der Waals surface area contributed by atoms with Gasteiger partial charge in [0.25, 0.3) is 5.91 Å². The monoisotopic (exact) mass is 309 g/mol. The Morgan fingerprint density at radius 2 is 2.00 bits per heavy atom. The van der Waals surface area contributed by atoms with Gasteiger partial charge in [-0.25, -0.2) is 9.66 Å². The third-order valence-corrected chi connectivity index (χ3v) is 2.94. The zero-order valence-corrected chi connectivity index (χ0v) is 11.1. The first-order valence-corrected chi connectivity index (χ1v) is 6.26. The van der Waals surface area contributed by atoms with Crippen LogP contribution in [0.5, 0.6) is 0 Å². The van der Waals surface area contributed by atoms with Gasteiger partial charge in [-0.05, 0) is 18.2 Å². The van der Waals surface area contributed by atoms with Gasteiger partial charge in [0.15, 0.2) is 5.69 Å². The maximum Gasteiger partial charge on any atom is 0.435 e. The Morgan fingerprint density at radius 3 is 2.73 bits per heavy atom. The van der Waals surface area contributed by atoms with Crippen molar-refractivity contribution in [1.82, 2.24) is 19.4 Å². The summed E-state index contributed by atoms with van der Waals surface area (Å²) >= 11 is 0. The van der Waals surface area contributed by atoms with Gasteiger partial charge in [-0.2, -0.15) is 18.3 Å². The standard InChI is InChI=1S/C13H10F3N5O/c14-13(15,16)11-5-6-20(18-11)7-12(22)19-21-8-17-9-3-1-2-4-10(9)21/h1-6,8H,7H2,(H,19,22). The molecule has 3 rings (SSSR count). The molecule has 0 spiro atoms. The molecule has 9 heteroatoms. The Kier molecular flexibility index (Phi) is 3.32. The van der Waals surface area contributed by atoms with E-state index in [9.17, 15) is 18.0 Å². The summed E-state index contributed by atoms with van der Waals surface area (Å²) in [5.41, 5.74) is 2.88. The number of benzene rings is 1. The number of amides is 1. The van der Waals surface area contributed by atoms with Crippen molar-refractivity contribution in [2.75, 3.05) is 5.43 Å². The number of fused-ring (bicyclic) bond motifs is 1. The molecular weight excluding hydrogens is 299 g/mol. The maximum atomic E-state index is 12.4. The lowest BCUT2D eigenvalue weighted by Gasteiger charge is -2.07. The van der Waals surface area contributed by atoms with Crippen LogP contribution >= 0.6 is 0 Å². The van der Waals surface area contributed by atoms with Crippen LogP contribution in [0.4, 0.5) is 13.2 Å². The van der Waals surface area contributed by atoms with Crippen molar-refractivity contribution in [1.29, 1.82) is 0 Å². The molecule has 114 valence electrons. The average molecular weight is 309 g/mol. The lowest BCUT2D eigenvalue weighted by atomic mass is 10.3. The van der Waals surface area contributed by atoms with Gasteiger partial charge in [-0.15, -0.1) is 0 Å². The van der Waals surface area contributed by atoms with Gasteiger partial charge in [0, 0.05) is 6.20 Å². The molecule has 0 aliphatic carbocycles. The van der Waals surface area contributed by atoms with Gasteiger partial charge in [-0.3, -0.25) is 14.9 Å². The number of alkyl halides is 3. The number of aromatic nitrogens is 4. The summed E-state index contributed by atoms with van der Waals surface area (Å²) in [6.07, 6.45) is -2.00. The lowest BCUT2D eigenvalue weighted by Crippen LogP contribution is -2.26. The van der Waals surface area contributed by atoms with Crippen LogP contribution in [-0.4, -0.2) is 25.3 Å². The summed E-state index contributed by atoms with van der Waals surface area (Å²) in [4.78, 5) is 16.0. The Bertz CT molecular complexity index is 820. The van der Waals surface area contributed by atoms with E-state index in [4.69, 9.17) is 0 Å². The van der Waals surface area contributed by atoms with E-state index >= 15 is 0 Å². The summed E-state index contributed by atoms with van der Waals surface area (Å²) in [6.45, 7) is -0.331. The molecule has 0 aliphatic heterocycles. The Hall–Kier alpha value is -2.84. The van der Waals surface area contributed by atoms with Crippen molar-refractivity contribution in [3.05, 3.63) is 48.5 Å². The summed E-state index contributed by atoms with van der Waals surface area (Å²) < 4.78 is 39.6. The van der Waals surface area contributed by atoms with Crippen molar-refractivity contribution in [2.24, 2.45) is 0 Å². The highest BCUT2D eigenvalue weighted by Crippen LogP contribution is 2.27. The number of carbonyl (C=O) groups is 1. The third kappa shape index (κ3) is 2.78. The second kappa shape index (κ2) is 5.17. The molecule has 0 bridgehead atoms. The molecular formula is C13H10F3N5O. The molecule has 0 radical (unpaired) electrons. The predicted molar refractivity (Wildman–Crippen MR) is 71.3 cm³/mol. The SMILES string of the molecule is O=C(Cn1ccc(C(F)(F)F)n1)Nn1cnc2ccccc21. The number of para-hydroxylation sites is 2. The van der Waals surface area contributed by atoms with Gasteiger partial charge < -0.3 is 0 Å². The maximum absolute atomic E-state index is 12.4. The van der Waals surface area contributed by atoms with Crippen LogP contribution in [0.25, 0.3) is 11.0 Å². The molecule has 1 aromatic carbocycles. The number of halogens is 3. The average Bonchev–Trinajstić information content (AvgIpc) is 3.06. The van der Waals surface area contributed by atoms with E-state index in [0.717, 1.165) is 16.9 Å². The highest BCUT2D eigenvalue weighted by molar-refractivity contribution is 5.86. The minimum Gasteiger partial charge on any atom is -0.271 e. The first-order valence-electron chi connectivity index (χ1n) is 6.26. The molecule has 0 fully saturated rings. The topological polar surface area (TPSA) is 64.7 Å². The minimum atomic E-state index is -4.53.